The Hall–Kier alpha value is -1.33. The molecule has 0 aliphatic heterocycles. The summed E-state index contributed by atoms with van der Waals surface area (Å²) >= 11 is 0. The number of nitrogens with zero attached hydrogens (tertiary/aromatic N) is 1. The Morgan fingerprint density at radius 1 is 1.36 bits per heavy atom. The van der Waals surface area contributed by atoms with Crippen molar-refractivity contribution in [2.24, 2.45) is 0 Å². The molecular formula is C12H15NO. The first-order valence-electron chi connectivity index (χ1n) is 4.80. The van der Waals surface area contributed by atoms with Gasteiger partial charge in [-0.2, -0.15) is 5.26 Å². The molecule has 0 saturated heterocycles. The lowest BCUT2D eigenvalue weighted by Crippen LogP contribution is -1.97. The highest BCUT2D eigenvalue weighted by Gasteiger charge is 2.08. The minimum Gasteiger partial charge on any atom is -0.387 e. The zero-order valence-corrected chi connectivity index (χ0v) is 8.57. The van der Waals surface area contributed by atoms with Crippen LogP contribution in [0.1, 0.15) is 43.4 Å². The molecule has 0 amide bonds. The van der Waals surface area contributed by atoms with E-state index in [2.05, 4.69) is 13.8 Å². The Labute approximate surface area is 84.8 Å². The number of aliphatic hydroxyl groups excluding tert-OH is 1. The molecule has 0 fully saturated rings. The summed E-state index contributed by atoms with van der Waals surface area (Å²) in [5, 5.41) is 18.1. The number of aliphatic hydroxyl groups is 1. The third kappa shape index (κ3) is 2.58. The predicted molar refractivity (Wildman–Crippen MR) is 55.7 cm³/mol. The fraction of sp³-hybridized carbons (Fsp3) is 0.417. The summed E-state index contributed by atoms with van der Waals surface area (Å²) in [5.41, 5.74) is 2.03. The molecule has 0 bridgehead atoms. The van der Waals surface area contributed by atoms with Gasteiger partial charge in [0.05, 0.1) is 18.6 Å². The first-order chi connectivity index (χ1) is 6.65. The van der Waals surface area contributed by atoms with E-state index in [1.165, 1.54) is 5.56 Å². The molecule has 0 saturated carbocycles. The Balaban J connectivity index is 2.89. The van der Waals surface area contributed by atoms with Crippen LogP contribution in [0.5, 0.6) is 0 Å². The minimum atomic E-state index is -0.654. The third-order valence-corrected chi connectivity index (χ3v) is 2.25. The SMILES string of the molecule is CC(C)c1cccc(C(O)CC#N)c1. The van der Waals surface area contributed by atoms with Crippen molar-refractivity contribution in [3.8, 4) is 6.07 Å². The fourth-order valence-corrected chi connectivity index (χ4v) is 1.33. The summed E-state index contributed by atoms with van der Waals surface area (Å²) < 4.78 is 0. The number of benzene rings is 1. The van der Waals surface area contributed by atoms with Crippen molar-refractivity contribution in [1.82, 2.24) is 0 Å². The van der Waals surface area contributed by atoms with Gasteiger partial charge < -0.3 is 5.11 Å². The molecular weight excluding hydrogens is 174 g/mol. The molecule has 1 atom stereocenters. The molecule has 0 aromatic heterocycles. The van der Waals surface area contributed by atoms with Crippen LogP contribution in [0.3, 0.4) is 0 Å². The van der Waals surface area contributed by atoms with E-state index in [1.54, 1.807) is 0 Å². The Bertz CT molecular complexity index is 338. The zero-order chi connectivity index (χ0) is 10.6. The molecule has 0 heterocycles. The van der Waals surface area contributed by atoms with Crippen LogP contribution in [0.2, 0.25) is 0 Å². The van der Waals surface area contributed by atoms with Gasteiger partial charge in [0.15, 0.2) is 0 Å². The highest BCUT2D eigenvalue weighted by molar-refractivity contribution is 5.27. The maximum absolute atomic E-state index is 9.60. The number of hydrogen-bond donors (Lipinski definition) is 1. The van der Waals surface area contributed by atoms with Crippen molar-refractivity contribution in [3.05, 3.63) is 35.4 Å². The van der Waals surface area contributed by atoms with Gasteiger partial charge in [0, 0.05) is 0 Å². The van der Waals surface area contributed by atoms with E-state index in [-0.39, 0.29) is 6.42 Å². The van der Waals surface area contributed by atoms with Gasteiger partial charge in [-0.3, -0.25) is 0 Å². The second kappa shape index (κ2) is 4.78. The smallest absolute Gasteiger partial charge is 0.0920 e. The lowest BCUT2D eigenvalue weighted by molar-refractivity contribution is 0.183. The normalized spacial score (nSPS) is 12.5. The molecule has 0 spiro atoms. The Kier molecular flexibility index (Phi) is 3.67. The van der Waals surface area contributed by atoms with Crippen molar-refractivity contribution in [2.75, 3.05) is 0 Å². The second-order valence-corrected chi connectivity index (χ2v) is 3.70. The van der Waals surface area contributed by atoms with Gasteiger partial charge in [0.1, 0.15) is 0 Å². The molecule has 2 nitrogen and oxygen atoms in total. The molecule has 0 radical (unpaired) electrons. The summed E-state index contributed by atoms with van der Waals surface area (Å²) in [4.78, 5) is 0. The van der Waals surface area contributed by atoms with E-state index >= 15 is 0 Å². The molecule has 14 heavy (non-hydrogen) atoms. The van der Waals surface area contributed by atoms with Gasteiger partial charge in [-0.1, -0.05) is 38.1 Å². The van der Waals surface area contributed by atoms with Gasteiger partial charge in [0.25, 0.3) is 0 Å². The number of nitriles is 1. The van der Waals surface area contributed by atoms with E-state index in [0.29, 0.717) is 5.92 Å². The van der Waals surface area contributed by atoms with E-state index in [0.717, 1.165) is 5.56 Å². The highest BCUT2D eigenvalue weighted by Crippen LogP contribution is 2.21. The lowest BCUT2D eigenvalue weighted by Gasteiger charge is -2.10. The lowest BCUT2D eigenvalue weighted by atomic mass is 9.98. The van der Waals surface area contributed by atoms with E-state index in [1.807, 2.05) is 30.3 Å². The first kappa shape index (κ1) is 10.7. The number of rotatable bonds is 3. The van der Waals surface area contributed by atoms with Crippen LogP contribution in [0.4, 0.5) is 0 Å². The van der Waals surface area contributed by atoms with Gasteiger partial charge in [-0.15, -0.1) is 0 Å². The minimum absolute atomic E-state index is 0.154. The van der Waals surface area contributed by atoms with Crippen molar-refractivity contribution < 1.29 is 5.11 Å². The molecule has 1 N–H and O–H groups in total. The van der Waals surface area contributed by atoms with Crippen molar-refractivity contribution >= 4 is 0 Å². The maximum Gasteiger partial charge on any atom is 0.0920 e. The van der Waals surface area contributed by atoms with E-state index in [9.17, 15) is 5.11 Å². The fourth-order valence-electron chi connectivity index (χ4n) is 1.33. The van der Waals surface area contributed by atoms with Crippen LogP contribution >= 0.6 is 0 Å². The van der Waals surface area contributed by atoms with Crippen molar-refractivity contribution in [1.29, 1.82) is 5.26 Å². The Morgan fingerprint density at radius 3 is 2.57 bits per heavy atom. The maximum atomic E-state index is 9.60. The van der Waals surface area contributed by atoms with Crippen LogP contribution in [0.25, 0.3) is 0 Å². The van der Waals surface area contributed by atoms with Gasteiger partial charge in [-0.05, 0) is 17.0 Å². The standard InChI is InChI=1S/C12H15NO/c1-9(2)10-4-3-5-11(8-10)12(14)6-7-13/h3-5,8-9,12,14H,6H2,1-2H3. The van der Waals surface area contributed by atoms with Crippen LogP contribution < -0.4 is 0 Å². The molecule has 1 aromatic rings. The summed E-state index contributed by atoms with van der Waals surface area (Å²) in [6.45, 7) is 4.21. The average Bonchev–Trinajstić information content (AvgIpc) is 2.18. The molecule has 1 rings (SSSR count). The summed E-state index contributed by atoms with van der Waals surface area (Å²) in [5.74, 6) is 0.448. The van der Waals surface area contributed by atoms with E-state index in [4.69, 9.17) is 5.26 Å². The first-order valence-corrected chi connectivity index (χ1v) is 4.80. The van der Waals surface area contributed by atoms with Crippen molar-refractivity contribution in [3.63, 3.8) is 0 Å². The summed E-state index contributed by atoms with van der Waals surface area (Å²) in [6.07, 6.45) is -0.500. The van der Waals surface area contributed by atoms with E-state index < -0.39 is 6.10 Å². The molecule has 2 heteroatoms. The quantitative estimate of drug-likeness (QED) is 0.794. The van der Waals surface area contributed by atoms with Gasteiger partial charge in [-0.25, -0.2) is 0 Å². The van der Waals surface area contributed by atoms with Crippen LogP contribution in [0, 0.1) is 11.3 Å². The van der Waals surface area contributed by atoms with Crippen LogP contribution in [-0.4, -0.2) is 5.11 Å². The highest BCUT2D eigenvalue weighted by atomic mass is 16.3. The Morgan fingerprint density at radius 2 is 2.00 bits per heavy atom. The molecule has 74 valence electrons. The zero-order valence-electron chi connectivity index (χ0n) is 8.57. The topological polar surface area (TPSA) is 44.0 Å². The van der Waals surface area contributed by atoms with Gasteiger partial charge >= 0.3 is 0 Å². The average molecular weight is 189 g/mol. The number of hydrogen-bond acceptors (Lipinski definition) is 2. The molecule has 1 aromatic carbocycles. The third-order valence-electron chi connectivity index (χ3n) is 2.25. The summed E-state index contributed by atoms with van der Waals surface area (Å²) in [6, 6.07) is 9.74. The van der Waals surface area contributed by atoms with Crippen LogP contribution in [0.15, 0.2) is 24.3 Å². The largest absolute Gasteiger partial charge is 0.387 e. The molecule has 0 aliphatic rings. The second-order valence-electron chi connectivity index (χ2n) is 3.70. The molecule has 1 unspecified atom stereocenters. The van der Waals surface area contributed by atoms with Crippen LogP contribution in [-0.2, 0) is 0 Å². The molecule has 0 aliphatic carbocycles. The predicted octanol–water partition coefficient (Wildman–Crippen LogP) is 2.76. The summed E-state index contributed by atoms with van der Waals surface area (Å²) in [7, 11) is 0. The van der Waals surface area contributed by atoms with Gasteiger partial charge in [0.2, 0.25) is 0 Å². The monoisotopic (exact) mass is 189 g/mol. The van der Waals surface area contributed by atoms with Crippen molar-refractivity contribution in [2.45, 2.75) is 32.3 Å².